The number of anilines is 1. The van der Waals surface area contributed by atoms with Crippen molar-refractivity contribution < 1.29 is 9.59 Å². The summed E-state index contributed by atoms with van der Waals surface area (Å²) in [5.74, 6) is 0.384. The molecule has 2 heterocycles. The van der Waals surface area contributed by atoms with Crippen molar-refractivity contribution in [2.24, 2.45) is 11.3 Å². The van der Waals surface area contributed by atoms with Crippen molar-refractivity contribution >= 4 is 28.8 Å². The van der Waals surface area contributed by atoms with Gasteiger partial charge >= 0.3 is 0 Å². The van der Waals surface area contributed by atoms with Crippen LogP contribution in [0.2, 0.25) is 0 Å². The average molecular weight is 398 g/mol. The number of carbonyl (C=O) groups is 2. The Morgan fingerprint density at radius 2 is 1.93 bits per heavy atom. The number of hydrogen-bond acceptors (Lipinski definition) is 4. The fourth-order valence-electron chi connectivity index (χ4n) is 4.29. The Balaban J connectivity index is 1.22. The van der Waals surface area contributed by atoms with Gasteiger partial charge in [0.05, 0.1) is 6.54 Å². The minimum atomic E-state index is -0.0486. The van der Waals surface area contributed by atoms with E-state index in [0.717, 1.165) is 44.6 Å². The number of carbonyl (C=O) groups excluding carboxylic acids is 2. The zero-order valence-corrected chi connectivity index (χ0v) is 17.1. The van der Waals surface area contributed by atoms with Gasteiger partial charge in [-0.15, -0.1) is 11.3 Å². The third-order valence-corrected chi connectivity index (χ3v) is 6.93. The molecule has 1 atom stereocenters. The number of hydrogen-bond donors (Lipinski definition) is 2. The van der Waals surface area contributed by atoms with Crippen molar-refractivity contribution in [3.05, 3.63) is 52.2 Å². The fraction of sp³-hybridized carbons (Fsp3) is 0.455. The van der Waals surface area contributed by atoms with E-state index in [4.69, 9.17) is 0 Å². The topological polar surface area (TPSA) is 61.4 Å². The number of benzene rings is 1. The molecule has 2 fully saturated rings. The highest BCUT2D eigenvalue weighted by atomic mass is 32.1. The maximum atomic E-state index is 12.5. The number of amides is 2. The Hall–Kier alpha value is -2.18. The quantitative estimate of drug-likeness (QED) is 0.783. The van der Waals surface area contributed by atoms with Crippen molar-refractivity contribution in [1.29, 1.82) is 0 Å². The largest absolute Gasteiger partial charge is 0.351 e. The van der Waals surface area contributed by atoms with Crippen LogP contribution in [0.3, 0.4) is 0 Å². The number of rotatable bonds is 6. The molecule has 5 nitrogen and oxygen atoms in total. The van der Waals surface area contributed by atoms with E-state index in [9.17, 15) is 9.59 Å². The molecule has 2 aromatic rings. The summed E-state index contributed by atoms with van der Waals surface area (Å²) >= 11 is 1.69. The van der Waals surface area contributed by atoms with Gasteiger partial charge in [-0.25, -0.2) is 0 Å². The van der Waals surface area contributed by atoms with Crippen LogP contribution < -0.4 is 10.6 Å². The van der Waals surface area contributed by atoms with Gasteiger partial charge in [0.25, 0.3) is 0 Å². The molecule has 1 unspecified atom stereocenters. The molecule has 6 heteroatoms. The SMILES string of the molecule is CC(=O)Nc1ccc(CN2CCC3(CC2)CC3C(=O)NCc2cccs2)cc1. The molecule has 1 aliphatic carbocycles. The van der Waals surface area contributed by atoms with Gasteiger partial charge in [0.2, 0.25) is 11.8 Å². The number of thiophene rings is 1. The van der Waals surface area contributed by atoms with Crippen LogP contribution in [0.1, 0.15) is 36.6 Å². The van der Waals surface area contributed by atoms with E-state index in [2.05, 4.69) is 33.7 Å². The summed E-state index contributed by atoms with van der Waals surface area (Å²) in [4.78, 5) is 27.3. The Labute approximate surface area is 170 Å². The minimum Gasteiger partial charge on any atom is -0.351 e. The van der Waals surface area contributed by atoms with Crippen molar-refractivity contribution in [3.63, 3.8) is 0 Å². The average Bonchev–Trinajstić information content (AvgIpc) is 3.12. The van der Waals surface area contributed by atoms with Gasteiger partial charge in [0.1, 0.15) is 0 Å². The van der Waals surface area contributed by atoms with Crippen LogP contribution in [0.15, 0.2) is 41.8 Å². The van der Waals surface area contributed by atoms with Crippen LogP contribution in [0, 0.1) is 11.3 Å². The molecule has 4 rings (SSSR count). The van der Waals surface area contributed by atoms with Gasteiger partial charge in [-0.3, -0.25) is 14.5 Å². The Bertz CT molecular complexity index is 824. The molecule has 2 aliphatic rings. The van der Waals surface area contributed by atoms with Crippen LogP contribution >= 0.6 is 11.3 Å². The van der Waals surface area contributed by atoms with E-state index in [-0.39, 0.29) is 23.1 Å². The molecule has 1 aromatic heterocycles. The number of piperidine rings is 1. The van der Waals surface area contributed by atoms with Gasteiger partial charge in [0, 0.05) is 30.0 Å². The van der Waals surface area contributed by atoms with E-state index in [1.165, 1.54) is 17.4 Å². The first-order valence-electron chi connectivity index (χ1n) is 9.93. The van der Waals surface area contributed by atoms with Crippen molar-refractivity contribution in [1.82, 2.24) is 10.2 Å². The van der Waals surface area contributed by atoms with Crippen LogP contribution in [0.4, 0.5) is 5.69 Å². The first kappa shape index (κ1) is 19.2. The van der Waals surface area contributed by atoms with Crippen molar-refractivity contribution in [2.75, 3.05) is 18.4 Å². The molecular weight excluding hydrogens is 370 g/mol. The molecule has 148 valence electrons. The van der Waals surface area contributed by atoms with Crippen molar-refractivity contribution in [2.45, 2.75) is 39.3 Å². The summed E-state index contributed by atoms with van der Waals surface area (Å²) in [5.41, 5.74) is 2.33. The van der Waals surface area contributed by atoms with E-state index < -0.39 is 0 Å². The first-order valence-corrected chi connectivity index (χ1v) is 10.8. The summed E-state index contributed by atoms with van der Waals surface area (Å²) in [6.45, 7) is 5.19. The third kappa shape index (κ3) is 4.45. The molecule has 28 heavy (non-hydrogen) atoms. The van der Waals surface area contributed by atoms with Crippen LogP contribution in [0.25, 0.3) is 0 Å². The Kier molecular flexibility index (Phi) is 5.51. The van der Waals surface area contributed by atoms with Gasteiger partial charge in [-0.2, -0.15) is 0 Å². The third-order valence-electron chi connectivity index (χ3n) is 6.06. The summed E-state index contributed by atoms with van der Waals surface area (Å²) in [5, 5.41) is 7.96. The normalized spacial score (nSPS) is 20.7. The minimum absolute atomic E-state index is 0.0486. The van der Waals surface area contributed by atoms with Crippen LogP contribution in [-0.4, -0.2) is 29.8 Å². The van der Waals surface area contributed by atoms with E-state index in [1.807, 2.05) is 23.6 Å². The number of nitrogens with one attached hydrogen (secondary N) is 2. The molecule has 0 bridgehead atoms. The van der Waals surface area contributed by atoms with Gasteiger partial charge in [-0.05, 0) is 66.9 Å². The Morgan fingerprint density at radius 1 is 1.18 bits per heavy atom. The predicted molar refractivity (Wildman–Crippen MR) is 112 cm³/mol. The standard InChI is InChI=1S/C22H27N3O2S/c1-16(26)24-18-6-4-17(5-7-18)15-25-10-8-22(9-11-25)13-20(22)21(27)23-14-19-3-2-12-28-19/h2-7,12,20H,8-11,13-15H2,1H3,(H,23,27)(H,24,26). The van der Waals surface area contributed by atoms with Gasteiger partial charge in [-0.1, -0.05) is 18.2 Å². The van der Waals surface area contributed by atoms with E-state index in [0.29, 0.717) is 6.54 Å². The van der Waals surface area contributed by atoms with Crippen LogP contribution in [0.5, 0.6) is 0 Å². The highest BCUT2D eigenvalue weighted by Gasteiger charge is 2.58. The summed E-state index contributed by atoms with van der Waals surface area (Å²) in [6.07, 6.45) is 3.25. The highest BCUT2D eigenvalue weighted by Crippen LogP contribution is 2.59. The molecule has 1 saturated heterocycles. The summed E-state index contributed by atoms with van der Waals surface area (Å²) < 4.78 is 0. The lowest BCUT2D eigenvalue weighted by atomic mass is 9.90. The lowest BCUT2D eigenvalue weighted by molar-refractivity contribution is -0.123. The summed E-state index contributed by atoms with van der Waals surface area (Å²) in [6, 6.07) is 12.2. The second kappa shape index (κ2) is 8.05. The predicted octanol–water partition coefficient (Wildman–Crippen LogP) is 3.63. The zero-order valence-electron chi connectivity index (χ0n) is 16.2. The van der Waals surface area contributed by atoms with Gasteiger partial charge in [0.15, 0.2) is 0 Å². The highest BCUT2D eigenvalue weighted by molar-refractivity contribution is 7.09. The van der Waals surface area contributed by atoms with Gasteiger partial charge < -0.3 is 10.6 Å². The monoisotopic (exact) mass is 397 g/mol. The number of nitrogens with zero attached hydrogens (tertiary/aromatic N) is 1. The maximum Gasteiger partial charge on any atom is 0.223 e. The molecule has 1 aliphatic heterocycles. The molecule has 0 radical (unpaired) electrons. The molecule has 2 N–H and O–H groups in total. The lowest BCUT2D eigenvalue weighted by Crippen LogP contribution is -2.36. The molecule has 1 spiro atoms. The second-order valence-corrected chi connectivity index (χ2v) is 9.10. The maximum absolute atomic E-state index is 12.5. The smallest absolute Gasteiger partial charge is 0.223 e. The molecule has 2 amide bonds. The number of likely N-dealkylation sites (tertiary alicyclic amines) is 1. The van der Waals surface area contributed by atoms with E-state index >= 15 is 0 Å². The molecular formula is C22H27N3O2S. The Morgan fingerprint density at radius 3 is 2.57 bits per heavy atom. The van der Waals surface area contributed by atoms with Crippen LogP contribution in [-0.2, 0) is 22.7 Å². The fourth-order valence-corrected chi connectivity index (χ4v) is 4.94. The molecule has 1 aromatic carbocycles. The first-order chi connectivity index (χ1) is 13.5. The summed E-state index contributed by atoms with van der Waals surface area (Å²) in [7, 11) is 0. The lowest BCUT2D eigenvalue weighted by Gasteiger charge is -2.32. The van der Waals surface area contributed by atoms with Crippen molar-refractivity contribution in [3.8, 4) is 0 Å². The molecule has 1 saturated carbocycles. The van der Waals surface area contributed by atoms with E-state index in [1.54, 1.807) is 11.3 Å². The second-order valence-electron chi connectivity index (χ2n) is 8.07. The zero-order chi connectivity index (χ0) is 19.6.